The van der Waals surface area contributed by atoms with Crippen LogP contribution in [0, 0.1) is 0 Å². The summed E-state index contributed by atoms with van der Waals surface area (Å²) < 4.78 is 31.5. The van der Waals surface area contributed by atoms with Gasteiger partial charge in [0.15, 0.2) is 28.7 Å². The van der Waals surface area contributed by atoms with Gasteiger partial charge in [-0.3, -0.25) is 0 Å². The molecule has 0 fully saturated rings. The molecular weight excluding hydrogens is 727 g/mol. The number of carboxylic acid groups (broad SMARTS) is 2. The van der Waals surface area contributed by atoms with Gasteiger partial charge in [0.05, 0.1) is 66.0 Å². The van der Waals surface area contributed by atoms with E-state index >= 15 is 0 Å². The van der Waals surface area contributed by atoms with Gasteiger partial charge in [-0.2, -0.15) is 0 Å². The summed E-state index contributed by atoms with van der Waals surface area (Å²) >= 11 is 0. The number of benzene rings is 4. The Labute approximate surface area is 334 Å². The van der Waals surface area contributed by atoms with Gasteiger partial charge in [0.25, 0.3) is 0 Å². The lowest BCUT2D eigenvalue weighted by Crippen LogP contribution is -2.63. The molecule has 0 aliphatic carbocycles. The molecule has 6 atom stereocenters. The van der Waals surface area contributed by atoms with Crippen molar-refractivity contribution in [1.29, 1.82) is 0 Å². The minimum absolute atomic E-state index is 0.137. The second kappa shape index (κ2) is 15.5. The maximum atomic E-state index is 13.0. The summed E-state index contributed by atoms with van der Waals surface area (Å²) in [6.45, 7) is 4.85. The van der Waals surface area contributed by atoms with E-state index in [0.29, 0.717) is 91.9 Å². The highest BCUT2D eigenvalue weighted by Gasteiger charge is 2.48. The zero-order chi connectivity index (χ0) is 40.8. The van der Waals surface area contributed by atoms with Gasteiger partial charge in [0.1, 0.15) is 41.4 Å². The lowest BCUT2D eigenvalue weighted by atomic mass is 9.83. The van der Waals surface area contributed by atoms with Crippen LogP contribution in [-0.2, 0) is 35.3 Å². The van der Waals surface area contributed by atoms with E-state index in [-0.39, 0.29) is 20.7 Å². The lowest BCUT2D eigenvalue weighted by Gasteiger charge is -2.51. The fourth-order valence-electron chi connectivity index (χ4n) is 9.93. The molecule has 6 unspecified atom stereocenters. The van der Waals surface area contributed by atoms with Crippen LogP contribution in [0.5, 0.6) is 40.2 Å². The molecule has 6 bridgehead atoms. The lowest BCUT2D eigenvalue weighted by molar-refractivity contribution is -0.958. The van der Waals surface area contributed by atoms with Gasteiger partial charge < -0.3 is 58.2 Å². The largest absolute Gasteiger partial charge is 0.544 e. The van der Waals surface area contributed by atoms with E-state index in [4.69, 9.17) is 29.4 Å². The number of methoxy groups -OCH3 is 3. The molecular formula is C45H53N3O9. The second-order valence-corrected chi connectivity index (χ2v) is 16.0. The van der Waals surface area contributed by atoms with Crippen molar-refractivity contribution >= 4 is 17.6 Å². The van der Waals surface area contributed by atoms with Crippen molar-refractivity contribution in [3.63, 3.8) is 0 Å². The molecule has 4 aromatic carbocycles. The summed E-state index contributed by atoms with van der Waals surface area (Å²) in [7, 11) is 8.72. The van der Waals surface area contributed by atoms with E-state index in [1.54, 1.807) is 21.3 Å². The molecule has 4 aliphatic heterocycles. The van der Waals surface area contributed by atoms with Crippen LogP contribution < -0.4 is 39.6 Å². The number of carboxylic acids is 2. The monoisotopic (exact) mass is 779 g/mol. The van der Waals surface area contributed by atoms with Crippen LogP contribution in [0.4, 0.5) is 5.69 Å². The van der Waals surface area contributed by atoms with E-state index < -0.39 is 30.1 Å². The number of hydrogen-bond donors (Lipinski definition) is 1. The number of likely N-dealkylation sites (N-methyl/N-ethyl adjacent to an activating group) is 2. The number of nitrogen functional groups attached to an aromatic ring is 1. The Morgan fingerprint density at radius 2 is 1.26 bits per heavy atom. The number of anilines is 1. The number of carbonyl (C=O) groups excluding carboxylic acids is 2. The molecule has 0 saturated heterocycles. The number of aliphatic carboxylic acids is 2. The van der Waals surface area contributed by atoms with Gasteiger partial charge in [-0.25, -0.2) is 0 Å². The molecule has 57 heavy (non-hydrogen) atoms. The van der Waals surface area contributed by atoms with Crippen LogP contribution >= 0.6 is 0 Å². The van der Waals surface area contributed by atoms with Gasteiger partial charge in [-0.1, -0.05) is 32.0 Å². The predicted molar refractivity (Wildman–Crippen MR) is 211 cm³/mol. The molecule has 12 nitrogen and oxygen atoms in total. The van der Waals surface area contributed by atoms with Crippen LogP contribution in [0.2, 0.25) is 0 Å². The molecule has 4 aromatic rings. The molecule has 2 N–H and O–H groups in total. The molecule has 12 heteroatoms. The Hall–Kier alpha value is -5.46. The highest BCUT2D eigenvalue weighted by Crippen LogP contribution is 2.53. The molecule has 0 saturated carbocycles. The average molecular weight is 780 g/mol. The topological polar surface area (TPSA) is 152 Å². The Kier molecular flexibility index (Phi) is 10.8. The number of nitrogens with two attached hydrogens (primary N) is 1. The summed E-state index contributed by atoms with van der Waals surface area (Å²) in [5.41, 5.74) is 12.9. The fourth-order valence-corrected chi connectivity index (χ4v) is 9.93. The van der Waals surface area contributed by atoms with Gasteiger partial charge in [-0.15, -0.1) is 0 Å². The van der Waals surface area contributed by atoms with Crippen molar-refractivity contribution in [1.82, 2.24) is 0 Å². The first-order valence-electron chi connectivity index (χ1n) is 19.7. The standard InChI is InChI=1S/C45H53N3O9/c1-8-32(44(49)50)47(3)18-16-28-23-37(54-6)39-25-31(28)34(47)20-26-10-13-30(14-11-26)56-38-22-27(12-15-36(38)53-5)21-35-41-29(24-40(55-7)42(46)43(41)57-39)17-19-48(35,4)33(9-2)45(51)52/h10-15,22-25,32-35H,8-9,16-21,46H2,1-7H3. The predicted octanol–water partition coefficient (Wildman–Crippen LogP) is 4.82. The first-order chi connectivity index (χ1) is 27.3. The van der Waals surface area contributed by atoms with Crippen LogP contribution in [-0.4, -0.2) is 81.5 Å². The Bertz CT molecular complexity index is 2190. The number of carbonyl (C=O) groups is 2. The van der Waals surface area contributed by atoms with Crippen molar-refractivity contribution in [2.75, 3.05) is 54.2 Å². The quantitative estimate of drug-likeness (QED) is 0.185. The van der Waals surface area contributed by atoms with E-state index in [1.165, 1.54) is 0 Å². The molecule has 0 aromatic heterocycles. The second-order valence-electron chi connectivity index (χ2n) is 16.0. The van der Waals surface area contributed by atoms with Crippen LogP contribution in [0.15, 0.2) is 60.7 Å². The summed E-state index contributed by atoms with van der Waals surface area (Å²) in [5, 5.41) is 25.7. The Morgan fingerprint density at radius 3 is 1.86 bits per heavy atom. The SMILES string of the molecule is CCC(C(=O)[O-])[N+]1(C)CCc2cc(OC)c3cc2C1Cc1ccc(cc1)Oc1cc(ccc1OC)CC1c2c(cc(OC)c(N)c2O3)CC[N+]1(C)C(CC)C(=O)[O-]. The number of fused-ring (bicyclic) bond motifs is 2. The number of hydrogen-bond acceptors (Lipinski definition) is 10. The molecule has 8 rings (SSSR count). The maximum absolute atomic E-state index is 13.0. The molecule has 0 amide bonds. The Morgan fingerprint density at radius 1 is 0.719 bits per heavy atom. The third kappa shape index (κ3) is 6.88. The molecule has 0 spiro atoms. The zero-order valence-corrected chi connectivity index (χ0v) is 33.9. The van der Waals surface area contributed by atoms with Gasteiger partial charge in [0, 0.05) is 44.1 Å². The first kappa shape index (κ1) is 39.8. The van der Waals surface area contributed by atoms with Gasteiger partial charge in [0.2, 0.25) is 0 Å². The average Bonchev–Trinajstić information content (AvgIpc) is 3.18. The van der Waals surface area contributed by atoms with Crippen molar-refractivity contribution in [3.05, 3.63) is 94.0 Å². The molecule has 302 valence electrons. The first-order valence-corrected chi connectivity index (χ1v) is 19.7. The highest BCUT2D eigenvalue weighted by molar-refractivity contribution is 5.72. The highest BCUT2D eigenvalue weighted by atomic mass is 16.5. The van der Waals surface area contributed by atoms with Crippen LogP contribution in [0.3, 0.4) is 0 Å². The summed E-state index contributed by atoms with van der Waals surface area (Å²) in [6.07, 6.45) is 2.82. The van der Waals surface area contributed by atoms with E-state index in [2.05, 4.69) is 0 Å². The maximum Gasteiger partial charge on any atom is 0.169 e. The van der Waals surface area contributed by atoms with Crippen molar-refractivity contribution in [2.45, 2.75) is 76.5 Å². The molecule has 4 heterocycles. The normalized spacial score (nSPS) is 23.4. The minimum atomic E-state index is -1.13. The van der Waals surface area contributed by atoms with Crippen molar-refractivity contribution < 1.29 is 52.5 Å². The number of nitrogens with zero attached hydrogens (tertiary/aromatic N) is 2. The van der Waals surface area contributed by atoms with Gasteiger partial charge in [-0.05, 0) is 64.7 Å². The number of rotatable bonds is 9. The van der Waals surface area contributed by atoms with Crippen LogP contribution in [0.1, 0.15) is 72.2 Å². The van der Waals surface area contributed by atoms with Crippen molar-refractivity contribution in [2.24, 2.45) is 0 Å². The van der Waals surface area contributed by atoms with Crippen LogP contribution in [0.25, 0.3) is 0 Å². The number of quaternary nitrogens is 2. The molecule has 4 aliphatic rings. The van der Waals surface area contributed by atoms with E-state index in [0.717, 1.165) is 33.4 Å². The third-order valence-corrected chi connectivity index (χ3v) is 13.1. The smallest absolute Gasteiger partial charge is 0.169 e. The summed E-state index contributed by atoms with van der Waals surface area (Å²) in [6, 6.07) is 17.1. The minimum Gasteiger partial charge on any atom is -0.544 e. The van der Waals surface area contributed by atoms with Gasteiger partial charge >= 0.3 is 0 Å². The van der Waals surface area contributed by atoms with E-state index in [1.807, 2.05) is 88.6 Å². The van der Waals surface area contributed by atoms with Crippen molar-refractivity contribution in [3.8, 4) is 40.2 Å². The number of ether oxygens (including phenoxy) is 5. The third-order valence-electron chi connectivity index (χ3n) is 13.1. The Balaban J connectivity index is 1.53. The van der Waals surface area contributed by atoms with E-state index in [9.17, 15) is 19.8 Å². The summed E-state index contributed by atoms with van der Waals surface area (Å²) in [4.78, 5) is 25.7. The fraction of sp³-hybridized carbons (Fsp3) is 0.422. The summed E-state index contributed by atoms with van der Waals surface area (Å²) in [5.74, 6) is 1.13. The zero-order valence-electron chi connectivity index (χ0n) is 33.9. The molecule has 0 radical (unpaired) electrons.